The lowest BCUT2D eigenvalue weighted by Crippen LogP contribution is -2.45. The minimum absolute atomic E-state index is 0.00871. The Kier molecular flexibility index (Phi) is 7.36. The van der Waals surface area contributed by atoms with E-state index in [0.29, 0.717) is 24.3 Å². The van der Waals surface area contributed by atoms with Crippen LogP contribution in [0.5, 0.6) is 5.75 Å². The largest absolute Gasteiger partial charge is 0.488 e. The van der Waals surface area contributed by atoms with Crippen LogP contribution in [0.4, 0.5) is 0 Å². The molecule has 3 N–H and O–H groups in total. The number of amides is 1. The molecule has 3 aromatic rings. The van der Waals surface area contributed by atoms with Gasteiger partial charge in [-0.15, -0.1) is 0 Å². The zero-order valence-corrected chi connectivity index (χ0v) is 20.8. The number of ether oxygens (including phenoxy) is 1. The third-order valence-corrected chi connectivity index (χ3v) is 8.76. The second-order valence-corrected chi connectivity index (χ2v) is 11.3. The fourth-order valence-electron chi connectivity index (χ4n) is 4.95. The van der Waals surface area contributed by atoms with Gasteiger partial charge in [-0.1, -0.05) is 54.6 Å². The second kappa shape index (κ2) is 10.8. The fraction of sp³-hybridized carbons (Fsp3) is 0.321. The van der Waals surface area contributed by atoms with Gasteiger partial charge in [0.25, 0.3) is 0 Å². The maximum absolute atomic E-state index is 13.4. The van der Waals surface area contributed by atoms with Crippen molar-refractivity contribution < 1.29 is 17.9 Å². The van der Waals surface area contributed by atoms with Crippen molar-refractivity contribution in [1.82, 2.24) is 16.0 Å². The number of hydrogen-bond donors (Lipinski definition) is 3. The number of carbonyl (C=O) groups excluding carboxylic acids is 1. The molecule has 2 aliphatic heterocycles. The Morgan fingerprint density at radius 1 is 0.944 bits per heavy atom. The predicted molar refractivity (Wildman–Crippen MR) is 137 cm³/mol. The van der Waals surface area contributed by atoms with Crippen LogP contribution in [-0.2, 0) is 27.8 Å². The summed E-state index contributed by atoms with van der Waals surface area (Å²) >= 11 is 0. The van der Waals surface area contributed by atoms with E-state index in [1.54, 1.807) is 48.5 Å². The van der Waals surface area contributed by atoms with Gasteiger partial charge in [0.15, 0.2) is 0 Å². The van der Waals surface area contributed by atoms with E-state index in [2.05, 4.69) is 16.0 Å². The Morgan fingerprint density at radius 3 is 2.47 bits per heavy atom. The van der Waals surface area contributed by atoms with Gasteiger partial charge in [-0.3, -0.25) is 4.79 Å². The molecule has 0 radical (unpaired) electrons. The summed E-state index contributed by atoms with van der Waals surface area (Å²) in [5.41, 5.74) is 1.80. The first kappa shape index (κ1) is 24.5. The Bertz CT molecular complexity index is 1280. The highest BCUT2D eigenvalue weighted by Gasteiger charge is 2.38. The van der Waals surface area contributed by atoms with Crippen LogP contribution < -0.4 is 20.7 Å². The number of benzene rings is 3. The van der Waals surface area contributed by atoms with Gasteiger partial charge >= 0.3 is 0 Å². The molecule has 3 unspecified atom stereocenters. The summed E-state index contributed by atoms with van der Waals surface area (Å²) in [5.74, 6) is 0.807. The number of rotatable bonds is 8. The maximum atomic E-state index is 13.4. The van der Waals surface area contributed by atoms with Crippen molar-refractivity contribution in [1.29, 1.82) is 0 Å². The normalized spacial score (nSPS) is 21.5. The van der Waals surface area contributed by atoms with Gasteiger partial charge in [-0.25, -0.2) is 8.42 Å². The molecule has 7 nitrogen and oxygen atoms in total. The van der Waals surface area contributed by atoms with E-state index in [0.717, 1.165) is 37.1 Å². The van der Waals surface area contributed by atoms with Crippen LogP contribution in [-0.4, -0.2) is 39.5 Å². The van der Waals surface area contributed by atoms with E-state index in [-0.39, 0.29) is 28.3 Å². The molecule has 0 spiro atoms. The van der Waals surface area contributed by atoms with Gasteiger partial charge in [0.05, 0.1) is 10.9 Å². The molecule has 0 saturated carbocycles. The van der Waals surface area contributed by atoms with E-state index < -0.39 is 9.84 Å². The van der Waals surface area contributed by atoms with Crippen molar-refractivity contribution in [2.24, 2.45) is 5.92 Å². The number of fused-ring (bicyclic) bond motifs is 1. The molecule has 2 fully saturated rings. The molecule has 2 saturated heterocycles. The summed E-state index contributed by atoms with van der Waals surface area (Å²) in [4.78, 5) is 13.0. The number of hydrogen-bond acceptors (Lipinski definition) is 6. The van der Waals surface area contributed by atoms with E-state index in [1.807, 2.05) is 30.3 Å². The minimum Gasteiger partial charge on any atom is -0.488 e. The molecule has 5 rings (SSSR count). The lowest BCUT2D eigenvalue weighted by Gasteiger charge is -2.25. The van der Waals surface area contributed by atoms with Crippen LogP contribution in [0.1, 0.15) is 24.0 Å². The highest BCUT2D eigenvalue weighted by molar-refractivity contribution is 7.91. The van der Waals surface area contributed by atoms with Gasteiger partial charge in [-0.2, -0.15) is 0 Å². The van der Waals surface area contributed by atoms with Crippen molar-refractivity contribution in [3.05, 3.63) is 90.0 Å². The molecule has 36 heavy (non-hydrogen) atoms. The molecule has 0 aliphatic carbocycles. The highest BCUT2D eigenvalue weighted by Crippen LogP contribution is 2.30. The number of para-hydroxylation sites is 1. The maximum Gasteiger partial charge on any atom is 0.237 e. The van der Waals surface area contributed by atoms with Crippen LogP contribution in [0.2, 0.25) is 0 Å². The predicted octanol–water partition coefficient (Wildman–Crippen LogP) is 3.05. The molecule has 1 amide bonds. The third-order valence-electron chi connectivity index (χ3n) is 6.95. The van der Waals surface area contributed by atoms with E-state index in [1.165, 1.54) is 0 Å². The Morgan fingerprint density at radius 2 is 1.69 bits per heavy atom. The standard InChI is InChI=1S/C28H31N3O4S/c32-28(25-16-22-18-29-15-14-24(22)31-25)30-17-20-10-12-23(13-11-20)36(33,34)27-9-5-4-8-26(27)35-19-21-6-2-1-3-7-21/h1-13,22,24-25,29,31H,14-19H2,(H,30,32). The highest BCUT2D eigenvalue weighted by atomic mass is 32.2. The number of piperidine rings is 1. The number of sulfone groups is 1. The molecule has 2 aliphatic rings. The second-order valence-electron chi connectivity index (χ2n) is 9.40. The SMILES string of the molecule is O=C(NCc1ccc(S(=O)(=O)c2ccccc2OCc2ccccc2)cc1)C1CC2CNCCC2N1. The molecular weight excluding hydrogens is 474 g/mol. The lowest BCUT2D eigenvalue weighted by molar-refractivity contribution is -0.123. The lowest BCUT2D eigenvalue weighted by atomic mass is 9.94. The van der Waals surface area contributed by atoms with Gasteiger partial charge < -0.3 is 20.7 Å². The molecule has 8 heteroatoms. The van der Waals surface area contributed by atoms with E-state index in [4.69, 9.17) is 4.74 Å². The first-order chi connectivity index (χ1) is 17.5. The Labute approximate surface area is 212 Å². The third kappa shape index (κ3) is 5.46. The zero-order chi connectivity index (χ0) is 25.0. The van der Waals surface area contributed by atoms with Gasteiger partial charge in [0.2, 0.25) is 15.7 Å². The molecule has 3 atom stereocenters. The van der Waals surface area contributed by atoms with Crippen LogP contribution in [0.3, 0.4) is 0 Å². The van der Waals surface area contributed by atoms with Gasteiger partial charge in [-0.05, 0) is 67.2 Å². The van der Waals surface area contributed by atoms with Crippen LogP contribution in [0, 0.1) is 5.92 Å². The van der Waals surface area contributed by atoms with Crippen molar-refractivity contribution in [3.63, 3.8) is 0 Å². The molecule has 188 valence electrons. The van der Waals surface area contributed by atoms with Gasteiger partial charge in [0, 0.05) is 12.6 Å². The summed E-state index contributed by atoms with van der Waals surface area (Å²) in [6.07, 6.45) is 1.89. The zero-order valence-electron chi connectivity index (χ0n) is 20.0. The van der Waals surface area contributed by atoms with Crippen molar-refractivity contribution in [2.45, 2.75) is 47.9 Å². The quantitative estimate of drug-likeness (QED) is 0.436. The van der Waals surface area contributed by atoms with Crippen LogP contribution in [0.15, 0.2) is 88.7 Å². The van der Waals surface area contributed by atoms with Crippen molar-refractivity contribution in [3.8, 4) is 5.75 Å². The average molecular weight is 506 g/mol. The molecule has 0 aromatic heterocycles. The summed E-state index contributed by atoms with van der Waals surface area (Å²) in [5, 5.41) is 9.84. The summed E-state index contributed by atoms with van der Waals surface area (Å²) in [6, 6.07) is 23.2. The molecule has 3 aromatic carbocycles. The van der Waals surface area contributed by atoms with Crippen LogP contribution >= 0.6 is 0 Å². The van der Waals surface area contributed by atoms with Crippen molar-refractivity contribution >= 4 is 15.7 Å². The number of nitrogens with one attached hydrogen (secondary N) is 3. The van der Waals surface area contributed by atoms with Crippen LogP contribution in [0.25, 0.3) is 0 Å². The fourth-order valence-corrected chi connectivity index (χ4v) is 6.35. The first-order valence-electron chi connectivity index (χ1n) is 12.3. The molecule has 0 bridgehead atoms. The smallest absolute Gasteiger partial charge is 0.237 e. The minimum atomic E-state index is -3.78. The Hall–Kier alpha value is -3.20. The molecule has 2 heterocycles. The van der Waals surface area contributed by atoms with E-state index >= 15 is 0 Å². The first-order valence-corrected chi connectivity index (χ1v) is 13.8. The topological polar surface area (TPSA) is 96.5 Å². The summed E-state index contributed by atoms with van der Waals surface area (Å²) < 4.78 is 32.6. The van der Waals surface area contributed by atoms with Crippen molar-refractivity contribution in [2.75, 3.05) is 13.1 Å². The van der Waals surface area contributed by atoms with E-state index in [9.17, 15) is 13.2 Å². The van der Waals surface area contributed by atoms with Gasteiger partial charge in [0.1, 0.15) is 17.3 Å². The summed E-state index contributed by atoms with van der Waals surface area (Å²) in [7, 11) is -3.78. The Balaban J connectivity index is 1.22. The molecular formula is C28H31N3O4S. The summed E-state index contributed by atoms with van der Waals surface area (Å²) in [6.45, 7) is 2.57. The average Bonchev–Trinajstić information content (AvgIpc) is 3.36. The monoisotopic (exact) mass is 505 g/mol. The number of carbonyl (C=O) groups is 1.